The second kappa shape index (κ2) is 6.28. The van der Waals surface area contributed by atoms with Gasteiger partial charge >= 0.3 is 11.7 Å². The number of aliphatic carboxylic acids is 1. The van der Waals surface area contributed by atoms with Gasteiger partial charge in [0.1, 0.15) is 6.04 Å². The van der Waals surface area contributed by atoms with Gasteiger partial charge in [-0.1, -0.05) is 6.07 Å². The molecule has 0 bridgehead atoms. The molecule has 1 aromatic carbocycles. The largest absolute Gasteiger partial charge is 0.480 e. The lowest BCUT2D eigenvalue weighted by Gasteiger charge is -2.21. The maximum Gasteiger partial charge on any atom is 0.326 e. The summed E-state index contributed by atoms with van der Waals surface area (Å²) in [6, 6.07) is 5.00. The molecule has 3 rings (SSSR count). The van der Waals surface area contributed by atoms with E-state index in [9.17, 15) is 14.4 Å². The highest BCUT2D eigenvalue weighted by atomic mass is 16.4. The molecule has 122 valence electrons. The predicted molar refractivity (Wildman–Crippen MR) is 84.2 cm³/mol. The summed E-state index contributed by atoms with van der Waals surface area (Å²) in [5, 5.41) is 9.11. The van der Waals surface area contributed by atoms with Crippen LogP contribution in [0, 0.1) is 0 Å². The van der Waals surface area contributed by atoms with Crippen molar-refractivity contribution in [3.05, 3.63) is 34.2 Å². The number of nitrogens with zero attached hydrogens (tertiary/aromatic N) is 1. The Morgan fingerprint density at radius 3 is 2.83 bits per heavy atom. The van der Waals surface area contributed by atoms with Gasteiger partial charge in [0.05, 0.1) is 11.0 Å². The Kier molecular flexibility index (Phi) is 4.18. The third-order valence-corrected chi connectivity index (χ3v) is 4.29. The number of carbonyl (C=O) groups is 2. The lowest BCUT2D eigenvalue weighted by molar-refractivity contribution is -0.148. The highest BCUT2D eigenvalue weighted by Gasteiger charge is 2.33. The van der Waals surface area contributed by atoms with Gasteiger partial charge in [-0.15, -0.1) is 0 Å². The molecule has 2 heterocycles. The normalized spacial score (nSPS) is 17.7. The van der Waals surface area contributed by atoms with Crippen molar-refractivity contribution in [3.8, 4) is 0 Å². The number of carbonyl (C=O) groups excluding carboxylic acids is 1. The zero-order valence-corrected chi connectivity index (χ0v) is 12.7. The maximum absolute atomic E-state index is 12.2. The van der Waals surface area contributed by atoms with Crippen LogP contribution in [0.2, 0.25) is 0 Å². The summed E-state index contributed by atoms with van der Waals surface area (Å²) in [4.78, 5) is 41.4. The molecule has 0 spiro atoms. The molecule has 3 N–H and O–H groups in total. The molecule has 1 aliphatic rings. The third kappa shape index (κ3) is 3.28. The van der Waals surface area contributed by atoms with E-state index in [0.29, 0.717) is 32.2 Å². The van der Waals surface area contributed by atoms with Gasteiger partial charge in [-0.2, -0.15) is 0 Å². The molecule has 7 heteroatoms. The van der Waals surface area contributed by atoms with Crippen LogP contribution < -0.4 is 5.69 Å². The average molecular weight is 317 g/mol. The van der Waals surface area contributed by atoms with Crippen molar-refractivity contribution >= 4 is 22.9 Å². The van der Waals surface area contributed by atoms with E-state index >= 15 is 0 Å². The second-order valence-corrected chi connectivity index (χ2v) is 5.90. The molecule has 7 nitrogen and oxygen atoms in total. The van der Waals surface area contributed by atoms with E-state index in [-0.39, 0.29) is 11.6 Å². The molecular formula is C16H19N3O4. The summed E-state index contributed by atoms with van der Waals surface area (Å²) in [6.07, 6.45) is 2.99. The minimum atomic E-state index is -0.919. The number of benzene rings is 1. The number of hydrogen-bond acceptors (Lipinski definition) is 3. The third-order valence-electron chi connectivity index (χ3n) is 4.29. The lowest BCUT2D eigenvalue weighted by Crippen LogP contribution is -2.40. The first kappa shape index (κ1) is 15.3. The quantitative estimate of drug-likeness (QED) is 0.771. The standard InChI is InChI=1S/C16H19N3O4/c20-14(19-8-2-4-13(19)15(21)22)5-1-3-10-6-7-11-12(9-10)18-16(23)17-11/h6-7,9,13H,1-5,8H2,(H,21,22)(H2,17,18,23). The first-order chi connectivity index (χ1) is 11.0. The molecule has 0 radical (unpaired) electrons. The van der Waals surface area contributed by atoms with Gasteiger partial charge in [0, 0.05) is 13.0 Å². The van der Waals surface area contributed by atoms with Crippen LogP contribution in [0.1, 0.15) is 31.2 Å². The van der Waals surface area contributed by atoms with Crippen LogP contribution in [-0.4, -0.2) is 44.4 Å². The van der Waals surface area contributed by atoms with Crippen LogP contribution in [0.3, 0.4) is 0 Å². The fourth-order valence-corrected chi connectivity index (χ4v) is 3.14. The molecular weight excluding hydrogens is 298 g/mol. The number of aryl methyl sites for hydroxylation is 1. The van der Waals surface area contributed by atoms with E-state index in [1.54, 1.807) is 0 Å². The summed E-state index contributed by atoms with van der Waals surface area (Å²) in [5.41, 5.74) is 2.32. The van der Waals surface area contributed by atoms with E-state index in [0.717, 1.165) is 23.0 Å². The Bertz CT molecular complexity index is 792. The number of nitrogens with one attached hydrogen (secondary N) is 2. The molecule has 23 heavy (non-hydrogen) atoms. The van der Waals surface area contributed by atoms with E-state index < -0.39 is 12.0 Å². The number of aromatic amines is 2. The zero-order valence-electron chi connectivity index (χ0n) is 12.7. The van der Waals surface area contributed by atoms with Gasteiger partial charge in [0.2, 0.25) is 5.91 Å². The van der Waals surface area contributed by atoms with Crippen molar-refractivity contribution < 1.29 is 14.7 Å². The maximum atomic E-state index is 12.2. The second-order valence-electron chi connectivity index (χ2n) is 5.90. The Labute approximate surface area is 132 Å². The van der Waals surface area contributed by atoms with Gasteiger partial charge in [-0.25, -0.2) is 9.59 Å². The fourth-order valence-electron chi connectivity index (χ4n) is 3.14. The Morgan fingerprint density at radius 2 is 2.04 bits per heavy atom. The van der Waals surface area contributed by atoms with Crippen LogP contribution in [0.4, 0.5) is 0 Å². The number of aromatic nitrogens is 2. The number of hydrogen-bond donors (Lipinski definition) is 3. The van der Waals surface area contributed by atoms with Crippen molar-refractivity contribution in [2.45, 2.75) is 38.1 Å². The van der Waals surface area contributed by atoms with Crippen molar-refractivity contribution in [1.29, 1.82) is 0 Å². The Balaban J connectivity index is 1.56. The van der Waals surface area contributed by atoms with Crippen molar-refractivity contribution in [3.63, 3.8) is 0 Å². The molecule has 0 saturated carbocycles. The van der Waals surface area contributed by atoms with Gasteiger partial charge in [0.25, 0.3) is 0 Å². The monoisotopic (exact) mass is 317 g/mol. The number of imidazole rings is 1. The van der Waals surface area contributed by atoms with Crippen LogP contribution >= 0.6 is 0 Å². The number of rotatable bonds is 5. The summed E-state index contributed by atoms with van der Waals surface area (Å²) >= 11 is 0. The molecule has 1 saturated heterocycles. The fraction of sp³-hybridized carbons (Fsp3) is 0.438. The molecule has 1 amide bonds. The van der Waals surface area contributed by atoms with Crippen molar-refractivity contribution in [1.82, 2.24) is 14.9 Å². The van der Waals surface area contributed by atoms with E-state index in [1.165, 1.54) is 4.90 Å². The molecule has 1 aliphatic heterocycles. The van der Waals surface area contributed by atoms with Gasteiger partial charge < -0.3 is 20.0 Å². The summed E-state index contributed by atoms with van der Waals surface area (Å²) in [5.74, 6) is -1.01. The molecule has 0 aliphatic carbocycles. The molecule has 2 aromatic rings. The lowest BCUT2D eigenvalue weighted by atomic mass is 10.1. The highest BCUT2D eigenvalue weighted by molar-refractivity contribution is 5.84. The minimum Gasteiger partial charge on any atom is -0.480 e. The first-order valence-corrected chi connectivity index (χ1v) is 7.78. The molecule has 1 unspecified atom stereocenters. The number of H-pyrrole nitrogens is 2. The van der Waals surface area contributed by atoms with Gasteiger partial charge in [-0.05, 0) is 43.4 Å². The average Bonchev–Trinajstić information content (AvgIpc) is 3.11. The van der Waals surface area contributed by atoms with Gasteiger partial charge in [-0.3, -0.25) is 4.79 Å². The number of amides is 1. The number of carboxylic acid groups (broad SMARTS) is 1. The van der Waals surface area contributed by atoms with Crippen molar-refractivity contribution in [2.24, 2.45) is 0 Å². The van der Waals surface area contributed by atoms with E-state index in [1.807, 2.05) is 18.2 Å². The summed E-state index contributed by atoms with van der Waals surface area (Å²) < 4.78 is 0. The highest BCUT2D eigenvalue weighted by Crippen LogP contribution is 2.19. The smallest absolute Gasteiger partial charge is 0.326 e. The Hall–Kier alpha value is -2.57. The first-order valence-electron chi connectivity index (χ1n) is 7.78. The number of carboxylic acids is 1. The molecule has 1 atom stereocenters. The SMILES string of the molecule is O=C(O)C1CCCN1C(=O)CCCc1ccc2[nH]c(=O)[nH]c2c1. The van der Waals surface area contributed by atoms with Crippen molar-refractivity contribution in [2.75, 3.05) is 6.54 Å². The number of fused-ring (bicyclic) bond motifs is 1. The van der Waals surface area contributed by atoms with Crippen LogP contribution in [0.15, 0.2) is 23.0 Å². The van der Waals surface area contributed by atoms with Crippen LogP contribution in [0.5, 0.6) is 0 Å². The topological polar surface area (TPSA) is 106 Å². The van der Waals surface area contributed by atoms with Crippen LogP contribution in [0.25, 0.3) is 11.0 Å². The number of likely N-dealkylation sites (tertiary alicyclic amines) is 1. The predicted octanol–water partition coefficient (Wildman–Crippen LogP) is 1.25. The molecule has 1 aromatic heterocycles. The zero-order chi connectivity index (χ0) is 16.4. The summed E-state index contributed by atoms with van der Waals surface area (Å²) in [6.45, 7) is 0.534. The van der Waals surface area contributed by atoms with E-state index in [4.69, 9.17) is 5.11 Å². The molecule has 1 fully saturated rings. The van der Waals surface area contributed by atoms with Gasteiger partial charge in [0.15, 0.2) is 0 Å². The van der Waals surface area contributed by atoms with E-state index in [2.05, 4.69) is 9.97 Å². The minimum absolute atomic E-state index is 0.0916. The summed E-state index contributed by atoms with van der Waals surface area (Å²) in [7, 11) is 0. The Morgan fingerprint density at radius 1 is 1.26 bits per heavy atom. The van der Waals surface area contributed by atoms with Crippen LogP contribution in [-0.2, 0) is 16.0 Å².